The van der Waals surface area contributed by atoms with Crippen LogP contribution in [-0.4, -0.2) is 77.8 Å². The van der Waals surface area contributed by atoms with Crippen molar-refractivity contribution in [3.63, 3.8) is 0 Å². The third-order valence-electron chi connectivity index (χ3n) is 9.43. The second kappa shape index (κ2) is 12.3. The van der Waals surface area contributed by atoms with E-state index in [9.17, 15) is 24.5 Å². The van der Waals surface area contributed by atoms with E-state index in [1.54, 1.807) is 34.1 Å². The molecule has 3 aromatic carbocycles. The number of Topliss-reactive ketones (excluding diaryl/α,β-unsaturated/α-hetero) is 1. The van der Waals surface area contributed by atoms with Crippen LogP contribution in [0.4, 0.5) is 17.1 Å². The second-order valence-electron chi connectivity index (χ2n) is 13.4. The number of ether oxygens (including phenoxy) is 2. The molecule has 0 spiro atoms. The molecule has 12 nitrogen and oxygen atoms in total. The molecule has 12 heteroatoms. The van der Waals surface area contributed by atoms with Gasteiger partial charge < -0.3 is 29.5 Å². The number of amides is 2. The zero-order chi connectivity index (χ0) is 33.6. The number of benzene rings is 3. The van der Waals surface area contributed by atoms with Crippen molar-refractivity contribution in [1.29, 1.82) is 0 Å². The average Bonchev–Trinajstić information content (AvgIpc) is 3.21. The first-order valence-corrected chi connectivity index (χ1v) is 16.2. The van der Waals surface area contributed by atoms with Gasteiger partial charge in [0.15, 0.2) is 17.3 Å². The minimum atomic E-state index is -0.764. The molecule has 2 amide bonds. The summed E-state index contributed by atoms with van der Waals surface area (Å²) in [5.74, 6) is 0.713. The number of nitro benzene ring substituents is 1. The lowest BCUT2D eigenvalue weighted by molar-refractivity contribution is -0.384. The van der Waals surface area contributed by atoms with E-state index in [4.69, 9.17) is 9.47 Å². The Balaban J connectivity index is 1.15. The number of nitro groups is 1. The van der Waals surface area contributed by atoms with Gasteiger partial charge in [-0.05, 0) is 41.7 Å². The number of anilines is 2. The largest absolute Gasteiger partial charge is 0.485 e. The number of allylic oxidation sites excluding steroid dienone is 1. The maximum Gasteiger partial charge on any atom is 0.269 e. The van der Waals surface area contributed by atoms with E-state index in [2.05, 4.69) is 5.32 Å². The Morgan fingerprint density at radius 2 is 1.65 bits per heavy atom. The van der Waals surface area contributed by atoms with Crippen LogP contribution in [0, 0.1) is 15.5 Å². The third-order valence-corrected chi connectivity index (χ3v) is 9.43. The summed E-state index contributed by atoms with van der Waals surface area (Å²) in [5.41, 5.74) is 2.93. The third kappa shape index (κ3) is 5.94. The molecule has 1 saturated heterocycles. The molecule has 48 heavy (non-hydrogen) atoms. The van der Waals surface area contributed by atoms with Crippen molar-refractivity contribution < 1.29 is 28.8 Å². The molecule has 248 valence electrons. The number of para-hydroxylation sites is 4. The molecule has 3 aliphatic heterocycles. The molecule has 1 fully saturated rings. The highest BCUT2D eigenvalue weighted by Gasteiger charge is 2.43. The Bertz CT molecular complexity index is 1830. The summed E-state index contributed by atoms with van der Waals surface area (Å²) in [6.45, 7) is 5.45. The van der Waals surface area contributed by atoms with Crippen LogP contribution in [0.5, 0.6) is 11.5 Å². The SMILES string of the molecule is CC1(C)CC(=O)C2=C(C1)Nc1ccccc1N(CC(=O)N1CCN(C(=O)C3COc4ccccc4O3)CC1)C2c1cccc([N+](=O)[O-])c1. The van der Waals surface area contributed by atoms with Crippen LogP contribution in [0.25, 0.3) is 0 Å². The summed E-state index contributed by atoms with van der Waals surface area (Å²) in [4.78, 5) is 58.1. The van der Waals surface area contributed by atoms with Crippen molar-refractivity contribution in [2.75, 3.05) is 49.5 Å². The standard InChI is InChI=1S/C36H37N5O7/c1-36(2)19-26-33(28(42)20-36)34(23-8-7-9-24(18-23)41(45)46)40(27-11-4-3-10-25(27)37-26)21-32(43)38-14-16-39(17-15-38)35(44)31-22-47-29-12-5-6-13-30(29)48-31/h3-13,18,31,34,37H,14-17,19-22H2,1-2H3. The van der Waals surface area contributed by atoms with Gasteiger partial charge in [-0.15, -0.1) is 0 Å². The number of piperazine rings is 1. The van der Waals surface area contributed by atoms with Gasteiger partial charge in [0.1, 0.15) is 6.61 Å². The fraction of sp³-hybridized carbons (Fsp3) is 0.361. The van der Waals surface area contributed by atoms with Crippen molar-refractivity contribution in [1.82, 2.24) is 9.80 Å². The number of non-ortho nitro benzene ring substituents is 1. The number of hydrogen-bond acceptors (Lipinski definition) is 9. The van der Waals surface area contributed by atoms with Crippen LogP contribution in [0.15, 0.2) is 84.1 Å². The molecule has 7 rings (SSSR count). The molecule has 0 aromatic heterocycles. The summed E-state index contributed by atoms with van der Waals surface area (Å²) in [5, 5.41) is 15.3. The van der Waals surface area contributed by atoms with Gasteiger partial charge in [0, 0.05) is 56.0 Å². The molecule has 3 heterocycles. The maximum atomic E-state index is 14.1. The number of ketones is 1. The van der Waals surface area contributed by atoms with Crippen LogP contribution in [0.3, 0.4) is 0 Å². The van der Waals surface area contributed by atoms with Crippen molar-refractivity contribution in [2.45, 2.75) is 38.8 Å². The van der Waals surface area contributed by atoms with Crippen molar-refractivity contribution in [2.24, 2.45) is 5.41 Å². The number of carbonyl (C=O) groups excluding carboxylic acids is 3. The lowest BCUT2D eigenvalue weighted by Gasteiger charge is -2.40. The number of rotatable bonds is 5. The first-order valence-electron chi connectivity index (χ1n) is 16.2. The van der Waals surface area contributed by atoms with E-state index < -0.39 is 17.1 Å². The van der Waals surface area contributed by atoms with Gasteiger partial charge in [0.05, 0.1) is 28.9 Å². The Morgan fingerprint density at radius 1 is 0.938 bits per heavy atom. The van der Waals surface area contributed by atoms with Gasteiger partial charge in [-0.25, -0.2) is 0 Å². The van der Waals surface area contributed by atoms with Crippen molar-refractivity contribution in [3.05, 3.63) is 99.7 Å². The fourth-order valence-electron chi connectivity index (χ4n) is 7.15. The van der Waals surface area contributed by atoms with E-state index in [0.29, 0.717) is 67.3 Å². The highest BCUT2D eigenvalue weighted by atomic mass is 16.6. The molecule has 0 saturated carbocycles. The van der Waals surface area contributed by atoms with Crippen molar-refractivity contribution in [3.8, 4) is 11.5 Å². The summed E-state index contributed by atoms with van der Waals surface area (Å²) in [7, 11) is 0. The van der Waals surface area contributed by atoms with Gasteiger partial charge in [-0.1, -0.05) is 50.2 Å². The Labute approximate surface area is 278 Å². The van der Waals surface area contributed by atoms with E-state index in [0.717, 1.165) is 11.4 Å². The number of carbonyl (C=O) groups is 3. The van der Waals surface area contributed by atoms with E-state index in [1.807, 2.05) is 55.1 Å². The first-order chi connectivity index (χ1) is 23.1. The fourth-order valence-corrected chi connectivity index (χ4v) is 7.15. The first kappa shape index (κ1) is 31.2. The van der Waals surface area contributed by atoms with E-state index >= 15 is 0 Å². The van der Waals surface area contributed by atoms with Crippen LogP contribution < -0.4 is 19.7 Å². The van der Waals surface area contributed by atoms with Crippen LogP contribution >= 0.6 is 0 Å². The topological polar surface area (TPSA) is 135 Å². The molecule has 3 aromatic rings. The molecule has 0 bridgehead atoms. The normalized spacial score (nSPS) is 21.5. The highest BCUT2D eigenvalue weighted by Crippen LogP contribution is 2.48. The van der Waals surface area contributed by atoms with Gasteiger partial charge >= 0.3 is 0 Å². The highest BCUT2D eigenvalue weighted by molar-refractivity contribution is 6.02. The number of hydrogen-bond donors (Lipinski definition) is 1. The molecular weight excluding hydrogens is 614 g/mol. The predicted octanol–water partition coefficient (Wildman–Crippen LogP) is 4.72. The summed E-state index contributed by atoms with van der Waals surface area (Å²) in [6, 6.07) is 20.4. The molecule has 1 N–H and O–H groups in total. The zero-order valence-corrected chi connectivity index (χ0v) is 26.9. The van der Waals surface area contributed by atoms with Gasteiger partial charge in [-0.2, -0.15) is 0 Å². The Morgan fingerprint density at radius 3 is 2.42 bits per heavy atom. The average molecular weight is 652 g/mol. The molecule has 2 atom stereocenters. The molecule has 4 aliphatic rings. The summed E-state index contributed by atoms with van der Waals surface area (Å²) in [6.07, 6.45) is 0.154. The van der Waals surface area contributed by atoms with Crippen LogP contribution in [0.2, 0.25) is 0 Å². The van der Waals surface area contributed by atoms with Crippen LogP contribution in [-0.2, 0) is 14.4 Å². The number of nitrogens with zero attached hydrogens (tertiary/aromatic N) is 4. The lowest BCUT2D eigenvalue weighted by atomic mass is 9.73. The van der Waals surface area contributed by atoms with Gasteiger partial charge in [-0.3, -0.25) is 24.5 Å². The zero-order valence-electron chi connectivity index (χ0n) is 26.9. The van der Waals surface area contributed by atoms with Crippen LogP contribution in [0.1, 0.15) is 38.3 Å². The molecular formula is C36H37N5O7. The quantitative estimate of drug-likeness (QED) is 0.307. The Kier molecular flexibility index (Phi) is 8.02. The minimum Gasteiger partial charge on any atom is -0.485 e. The van der Waals surface area contributed by atoms with Crippen molar-refractivity contribution >= 4 is 34.7 Å². The summed E-state index contributed by atoms with van der Waals surface area (Å²) < 4.78 is 11.7. The monoisotopic (exact) mass is 651 g/mol. The predicted molar refractivity (Wildman–Crippen MR) is 178 cm³/mol. The molecule has 0 radical (unpaired) electrons. The van der Waals surface area contributed by atoms with E-state index in [-0.39, 0.29) is 41.9 Å². The smallest absolute Gasteiger partial charge is 0.269 e. The number of nitrogens with one attached hydrogen (secondary N) is 1. The maximum absolute atomic E-state index is 14.1. The minimum absolute atomic E-state index is 0.0563. The van der Waals surface area contributed by atoms with Gasteiger partial charge in [0.25, 0.3) is 11.6 Å². The number of fused-ring (bicyclic) bond motifs is 2. The van der Waals surface area contributed by atoms with Gasteiger partial charge in [0.2, 0.25) is 12.0 Å². The lowest BCUT2D eigenvalue weighted by Crippen LogP contribution is -2.56. The second-order valence-corrected chi connectivity index (χ2v) is 13.4. The summed E-state index contributed by atoms with van der Waals surface area (Å²) >= 11 is 0. The molecule has 2 unspecified atom stereocenters. The Hall–Kier alpha value is -5.39. The van der Waals surface area contributed by atoms with E-state index in [1.165, 1.54) is 12.1 Å². The molecule has 1 aliphatic carbocycles.